The lowest BCUT2D eigenvalue weighted by Crippen LogP contribution is -2.48. The van der Waals surface area contributed by atoms with Crippen LogP contribution in [-0.2, 0) is 11.3 Å². The van der Waals surface area contributed by atoms with Gasteiger partial charge in [0.15, 0.2) is 11.5 Å². The topological polar surface area (TPSA) is 80.7 Å². The van der Waals surface area contributed by atoms with Crippen LogP contribution in [-0.4, -0.2) is 48.3 Å². The molecule has 2 heterocycles. The van der Waals surface area contributed by atoms with Crippen LogP contribution in [0, 0.1) is 0 Å². The molecule has 2 aromatic rings. The van der Waals surface area contributed by atoms with Crippen LogP contribution >= 0.6 is 0 Å². The first-order valence-electron chi connectivity index (χ1n) is 12.3. The fourth-order valence-corrected chi connectivity index (χ4v) is 5.13. The second kappa shape index (κ2) is 11.7. The molecule has 176 valence electrons. The van der Waals surface area contributed by atoms with Gasteiger partial charge in [-0.05, 0) is 50.8 Å². The van der Waals surface area contributed by atoms with Gasteiger partial charge in [-0.2, -0.15) is 0 Å². The Morgan fingerprint density at radius 3 is 2.41 bits per heavy atom. The van der Waals surface area contributed by atoms with Crippen molar-refractivity contribution >= 4 is 5.91 Å². The molecule has 0 aliphatic heterocycles. The van der Waals surface area contributed by atoms with E-state index < -0.39 is 0 Å². The number of carbonyl (C=O) groups excluding carboxylic acids is 1. The molecular weight excluding hydrogens is 406 g/mol. The zero-order valence-electron chi connectivity index (χ0n) is 19.3. The summed E-state index contributed by atoms with van der Waals surface area (Å²) in [5, 5.41) is 7.48. The van der Waals surface area contributed by atoms with Gasteiger partial charge < -0.3 is 23.9 Å². The average molecular weight is 444 g/mol. The Bertz CT molecular complexity index is 816. The van der Waals surface area contributed by atoms with Gasteiger partial charge in [0, 0.05) is 31.9 Å². The molecule has 4 rings (SSSR count). The highest BCUT2D eigenvalue weighted by Crippen LogP contribution is 2.32. The minimum Gasteiger partial charge on any atom is -0.456 e. The third kappa shape index (κ3) is 5.81. The first-order valence-corrected chi connectivity index (χ1v) is 12.3. The molecule has 0 saturated heterocycles. The highest BCUT2D eigenvalue weighted by Gasteiger charge is 2.34. The Morgan fingerprint density at radius 2 is 1.75 bits per heavy atom. The number of furan rings is 1. The molecule has 0 aromatic carbocycles. The van der Waals surface area contributed by atoms with Gasteiger partial charge in [-0.15, -0.1) is 0 Å². The predicted octanol–water partition coefficient (Wildman–Crippen LogP) is 5.17. The van der Waals surface area contributed by atoms with E-state index in [9.17, 15) is 4.79 Å². The summed E-state index contributed by atoms with van der Waals surface area (Å²) in [5.41, 5.74) is 0.395. The van der Waals surface area contributed by atoms with E-state index in [1.54, 1.807) is 13.2 Å². The largest absolute Gasteiger partial charge is 0.456 e. The molecule has 32 heavy (non-hydrogen) atoms. The summed E-state index contributed by atoms with van der Waals surface area (Å²) in [4.78, 5) is 15.7. The highest BCUT2D eigenvalue weighted by atomic mass is 16.5. The van der Waals surface area contributed by atoms with Gasteiger partial charge in [-0.25, -0.2) is 0 Å². The summed E-state index contributed by atoms with van der Waals surface area (Å²) >= 11 is 0. The fraction of sp³-hybridized carbons (Fsp3) is 0.680. The van der Waals surface area contributed by atoms with Crippen molar-refractivity contribution in [2.45, 2.75) is 89.3 Å². The van der Waals surface area contributed by atoms with Gasteiger partial charge in [0.25, 0.3) is 5.91 Å². The van der Waals surface area contributed by atoms with E-state index in [4.69, 9.17) is 13.7 Å². The Morgan fingerprint density at radius 1 is 1.06 bits per heavy atom. The van der Waals surface area contributed by atoms with Crippen LogP contribution in [0.4, 0.5) is 0 Å². The van der Waals surface area contributed by atoms with Crippen molar-refractivity contribution in [3.63, 3.8) is 0 Å². The average Bonchev–Trinajstić information content (AvgIpc) is 3.50. The minimum absolute atomic E-state index is 0.0189. The maximum absolute atomic E-state index is 13.6. The molecule has 7 heteroatoms. The summed E-state index contributed by atoms with van der Waals surface area (Å²) in [6, 6.07) is 6.22. The standard InChI is InChI=1S/C25H37N3O4/c1-30-16-8-15-26-18-21-13-14-23(31-21)24-17-22(27-32-24)25(29)28(19-9-4-2-5-10-19)20-11-6-3-7-12-20/h13-14,17,19-20,26H,2-12,15-16,18H2,1H3. The maximum atomic E-state index is 13.6. The summed E-state index contributed by atoms with van der Waals surface area (Å²) in [5.74, 6) is 1.96. The van der Waals surface area contributed by atoms with Crippen molar-refractivity contribution in [3.8, 4) is 11.5 Å². The number of hydrogen-bond acceptors (Lipinski definition) is 6. The number of hydrogen-bond donors (Lipinski definition) is 1. The smallest absolute Gasteiger partial charge is 0.276 e. The van der Waals surface area contributed by atoms with E-state index in [2.05, 4.69) is 15.4 Å². The summed E-state index contributed by atoms with van der Waals surface area (Å²) in [6.45, 7) is 2.24. The lowest BCUT2D eigenvalue weighted by atomic mass is 9.88. The fourth-order valence-electron chi connectivity index (χ4n) is 5.13. The third-order valence-corrected chi connectivity index (χ3v) is 6.81. The van der Waals surface area contributed by atoms with Gasteiger partial charge in [-0.3, -0.25) is 4.79 Å². The van der Waals surface area contributed by atoms with Crippen LogP contribution in [0.2, 0.25) is 0 Å². The number of amides is 1. The third-order valence-electron chi connectivity index (χ3n) is 6.81. The Kier molecular flexibility index (Phi) is 8.40. The van der Waals surface area contributed by atoms with Crippen LogP contribution in [0.25, 0.3) is 11.5 Å². The van der Waals surface area contributed by atoms with Gasteiger partial charge in [0.05, 0.1) is 6.54 Å². The van der Waals surface area contributed by atoms with Gasteiger partial charge in [0.1, 0.15) is 5.76 Å². The Labute approximate surface area is 190 Å². The van der Waals surface area contributed by atoms with Crippen LogP contribution in [0.15, 0.2) is 27.1 Å². The number of nitrogens with zero attached hydrogens (tertiary/aromatic N) is 2. The minimum atomic E-state index is 0.0189. The maximum Gasteiger partial charge on any atom is 0.276 e. The summed E-state index contributed by atoms with van der Waals surface area (Å²) in [7, 11) is 1.71. The first kappa shape index (κ1) is 23.1. The van der Waals surface area contributed by atoms with E-state index in [1.807, 2.05) is 12.1 Å². The second-order valence-electron chi connectivity index (χ2n) is 9.16. The predicted molar refractivity (Wildman–Crippen MR) is 122 cm³/mol. The lowest BCUT2D eigenvalue weighted by molar-refractivity contribution is 0.0438. The molecule has 2 aliphatic rings. The molecule has 2 fully saturated rings. The number of methoxy groups -OCH3 is 1. The van der Waals surface area contributed by atoms with E-state index >= 15 is 0 Å². The van der Waals surface area contributed by atoms with E-state index in [-0.39, 0.29) is 5.91 Å². The quantitative estimate of drug-likeness (QED) is 0.510. The SMILES string of the molecule is COCCCNCc1ccc(-c2cc(C(=O)N(C3CCCCC3)C3CCCCC3)no2)o1. The molecule has 2 saturated carbocycles. The first-order chi connectivity index (χ1) is 15.8. The number of nitrogens with one attached hydrogen (secondary N) is 1. The number of rotatable bonds is 10. The molecule has 1 N–H and O–H groups in total. The van der Waals surface area contributed by atoms with Crippen molar-refractivity contribution in [2.75, 3.05) is 20.3 Å². The van der Waals surface area contributed by atoms with Crippen molar-refractivity contribution in [1.82, 2.24) is 15.4 Å². The Balaban J connectivity index is 1.42. The number of aromatic nitrogens is 1. The molecule has 7 nitrogen and oxygen atoms in total. The summed E-state index contributed by atoms with van der Waals surface area (Å²) in [6.07, 6.45) is 12.8. The van der Waals surface area contributed by atoms with Gasteiger partial charge >= 0.3 is 0 Å². The van der Waals surface area contributed by atoms with E-state index in [1.165, 1.54) is 38.5 Å². The van der Waals surface area contributed by atoms with Gasteiger partial charge in [0.2, 0.25) is 5.76 Å². The van der Waals surface area contributed by atoms with E-state index in [0.717, 1.165) is 51.0 Å². The molecular formula is C25H37N3O4. The molecule has 2 aromatic heterocycles. The van der Waals surface area contributed by atoms with Crippen molar-refractivity contribution in [3.05, 3.63) is 29.7 Å². The van der Waals surface area contributed by atoms with Crippen molar-refractivity contribution < 1.29 is 18.5 Å². The lowest BCUT2D eigenvalue weighted by Gasteiger charge is -2.41. The van der Waals surface area contributed by atoms with Crippen LogP contribution in [0.5, 0.6) is 0 Å². The molecule has 0 bridgehead atoms. The number of carbonyl (C=O) groups is 1. The summed E-state index contributed by atoms with van der Waals surface area (Å²) < 4.78 is 16.5. The number of ether oxygens (including phenoxy) is 1. The van der Waals surface area contributed by atoms with Gasteiger partial charge in [-0.1, -0.05) is 43.7 Å². The monoisotopic (exact) mass is 443 g/mol. The van der Waals surface area contributed by atoms with Crippen molar-refractivity contribution in [2.24, 2.45) is 0 Å². The molecule has 0 atom stereocenters. The highest BCUT2D eigenvalue weighted by molar-refractivity contribution is 5.93. The molecule has 0 radical (unpaired) electrons. The van der Waals surface area contributed by atoms with Crippen molar-refractivity contribution in [1.29, 1.82) is 0 Å². The Hall–Kier alpha value is -2.12. The van der Waals surface area contributed by atoms with Crippen LogP contribution in [0.3, 0.4) is 0 Å². The molecule has 0 spiro atoms. The molecule has 2 aliphatic carbocycles. The van der Waals surface area contributed by atoms with Crippen LogP contribution in [0.1, 0.15) is 86.9 Å². The second-order valence-corrected chi connectivity index (χ2v) is 9.16. The molecule has 0 unspecified atom stereocenters. The zero-order valence-corrected chi connectivity index (χ0v) is 19.3. The normalized spacial score (nSPS) is 18.2. The molecule has 1 amide bonds. The zero-order chi connectivity index (χ0) is 22.2. The van der Waals surface area contributed by atoms with E-state index in [0.29, 0.717) is 35.8 Å². The van der Waals surface area contributed by atoms with Crippen LogP contribution < -0.4 is 5.32 Å².